The molecule has 0 spiro atoms. The summed E-state index contributed by atoms with van der Waals surface area (Å²) >= 11 is 0. The van der Waals surface area contributed by atoms with Gasteiger partial charge in [-0.3, -0.25) is 0 Å². The summed E-state index contributed by atoms with van der Waals surface area (Å²) in [5.41, 5.74) is 2.36. The van der Waals surface area contributed by atoms with Gasteiger partial charge in [0, 0.05) is 18.8 Å². The van der Waals surface area contributed by atoms with Crippen LogP contribution in [0.3, 0.4) is 0 Å². The first-order chi connectivity index (χ1) is 11.2. The minimum atomic E-state index is -0.305. The first-order valence-corrected chi connectivity index (χ1v) is 7.25. The maximum Gasteiger partial charge on any atom is 0.226 e. The van der Waals surface area contributed by atoms with Gasteiger partial charge < -0.3 is 10.1 Å². The summed E-state index contributed by atoms with van der Waals surface area (Å²) in [5, 5.41) is 3.15. The highest BCUT2D eigenvalue weighted by atomic mass is 19.1. The van der Waals surface area contributed by atoms with Crippen molar-refractivity contribution >= 4 is 5.95 Å². The van der Waals surface area contributed by atoms with Crippen LogP contribution in [0.4, 0.5) is 10.3 Å². The molecule has 0 radical (unpaired) electrons. The molecule has 1 N–H and O–H groups in total. The zero-order valence-corrected chi connectivity index (χ0v) is 12.7. The first-order valence-electron chi connectivity index (χ1n) is 7.25. The van der Waals surface area contributed by atoms with E-state index in [1.807, 2.05) is 0 Å². The maximum absolute atomic E-state index is 12.9. The lowest BCUT2D eigenvalue weighted by Gasteiger charge is -2.08. The average Bonchev–Trinajstić information content (AvgIpc) is 2.57. The molecular formula is C18H16FN3O. The molecule has 23 heavy (non-hydrogen) atoms. The van der Waals surface area contributed by atoms with E-state index < -0.39 is 0 Å². The average molecular weight is 309 g/mol. The van der Waals surface area contributed by atoms with Crippen LogP contribution < -0.4 is 10.1 Å². The van der Waals surface area contributed by atoms with Gasteiger partial charge in [0.25, 0.3) is 0 Å². The normalized spacial score (nSPS) is 10.3. The summed E-state index contributed by atoms with van der Waals surface area (Å²) in [6, 6.07) is 15.7. The monoisotopic (exact) mass is 309 g/mol. The van der Waals surface area contributed by atoms with Crippen LogP contribution in [0.2, 0.25) is 0 Å². The molecule has 3 rings (SSSR count). The number of hydrogen-bond acceptors (Lipinski definition) is 4. The van der Waals surface area contributed by atoms with E-state index >= 15 is 0 Å². The molecule has 0 bridgehead atoms. The minimum absolute atomic E-state index is 0.305. The molecule has 5 heteroatoms. The topological polar surface area (TPSA) is 47.0 Å². The van der Waals surface area contributed by atoms with Gasteiger partial charge in [0.2, 0.25) is 11.8 Å². The van der Waals surface area contributed by atoms with Crippen LogP contribution >= 0.6 is 0 Å². The molecule has 0 aliphatic carbocycles. The van der Waals surface area contributed by atoms with Crippen molar-refractivity contribution < 1.29 is 9.13 Å². The van der Waals surface area contributed by atoms with Gasteiger partial charge in [0.05, 0.1) is 0 Å². The highest BCUT2D eigenvalue weighted by Gasteiger charge is 2.02. The number of aromatic nitrogens is 2. The third-order valence-electron chi connectivity index (χ3n) is 3.24. The Hall–Kier alpha value is -2.95. The fourth-order valence-corrected chi connectivity index (χ4v) is 1.99. The highest BCUT2D eigenvalue weighted by Crippen LogP contribution is 2.20. The third kappa shape index (κ3) is 4.26. The largest absolute Gasteiger partial charge is 0.439 e. The second-order valence-corrected chi connectivity index (χ2v) is 5.11. The molecule has 0 amide bonds. The Labute approximate surface area is 134 Å². The highest BCUT2D eigenvalue weighted by molar-refractivity contribution is 5.33. The van der Waals surface area contributed by atoms with E-state index in [0.717, 1.165) is 5.56 Å². The van der Waals surface area contributed by atoms with Crippen LogP contribution in [-0.4, -0.2) is 9.97 Å². The Morgan fingerprint density at radius 3 is 2.48 bits per heavy atom. The van der Waals surface area contributed by atoms with Crippen molar-refractivity contribution in [2.24, 2.45) is 0 Å². The lowest BCUT2D eigenvalue weighted by molar-refractivity contribution is 0.460. The fourth-order valence-electron chi connectivity index (χ4n) is 1.99. The Morgan fingerprint density at radius 1 is 1.00 bits per heavy atom. The van der Waals surface area contributed by atoms with E-state index in [0.29, 0.717) is 24.1 Å². The Morgan fingerprint density at radius 2 is 1.74 bits per heavy atom. The molecule has 0 saturated heterocycles. The zero-order valence-electron chi connectivity index (χ0n) is 12.7. The van der Waals surface area contributed by atoms with E-state index in [9.17, 15) is 4.39 Å². The number of ether oxygens (including phenoxy) is 1. The van der Waals surface area contributed by atoms with Crippen molar-refractivity contribution in [3.8, 4) is 11.6 Å². The molecule has 116 valence electrons. The summed E-state index contributed by atoms with van der Waals surface area (Å²) in [6.45, 7) is 2.68. The van der Waals surface area contributed by atoms with Crippen LogP contribution in [0.25, 0.3) is 0 Å². The molecule has 0 unspecified atom stereocenters. The van der Waals surface area contributed by atoms with Crippen LogP contribution in [0.1, 0.15) is 11.1 Å². The SMILES string of the molecule is Cc1ccc(CNc2nccc(Oc3ccc(F)cc3)n2)cc1. The minimum Gasteiger partial charge on any atom is -0.439 e. The standard InChI is InChI=1S/C18H16FN3O/c1-13-2-4-14(5-3-13)12-21-18-20-11-10-17(22-18)23-16-8-6-15(19)7-9-16/h2-11H,12H2,1H3,(H,20,21,22). The second kappa shape index (κ2) is 6.87. The summed E-state index contributed by atoms with van der Waals surface area (Å²) in [7, 11) is 0. The van der Waals surface area contributed by atoms with Crippen molar-refractivity contribution in [2.75, 3.05) is 5.32 Å². The predicted octanol–water partition coefficient (Wildman–Crippen LogP) is 4.33. The quantitative estimate of drug-likeness (QED) is 0.762. The molecule has 0 aliphatic rings. The van der Waals surface area contributed by atoms with Crippen molar-refractivity contribution in [3.05, 3.63) is 77.7 Å². The summed E-state index contributed by atoms with van der Waals surface area (Å²) in [4.78, 5) is 8.45. The van der Waals surface area contributed by atoms with E-state index in [4.69, 9.17) is 4.74 Å². The molecule has 1 heterocycles. The van der Waals surface area contributed by atoms with Crippen molar-refractivity contribution in [2.45, 2.75) is 13.5 Å². The number of aryl methyl sites for hydroxylation is 1. The van der Waals surface area contributed by atoms with Crippen molar-refractivity contribution in [3.63, 3.8) is 0 Å². The van der Waals surface area contributed by atoms with E-state index in [1.165, 1.54) is 17.7 Å². The van der Waals surface area contributed by atoms with Gasteiger partial charge in [-0.05, 0) is 36.8 Å². The van der Waals surface area contributed by atoms with Crippen LogP contribution in [0.15, 0.2) is 60.8 Å². The van der Waals surface area contributed by atoms with Crippen LogP contribution in [-0.2, 0) is 6.54 Å². The molecule has 3 aromatic rings. The number of hydrogen-bond donors (Lipinski definition) is 1. The fraction of sp³-hybridized carbons (Fsp3) is 0.111. The lowest BCUT2D eigenvalue weighted by atomic mass is 10.1. The number of anilines is 1. The van der Waals surface area contributed by atoms with Crippen LogP contribution in [0.5, 0.6) is 11.6 Å². The van der Waals surface area contributed by atoms with Gasteiger partial charge in [-0.1, -0.05) is 29.8 Å². The third-order valence-corrected chi connectivity index (χ3v) is 3.24. The molecule has 4 nitrogen and oxygen atoms in total. The zero-order chi connectivity index (χ0) is 16.1. The molecule has 0 fully saturated rings. The molecule has 0 saturated carbocycles. The van der Waals surface area contributed by atoms with Gasteiger partial charge in [-0.15, -0.1) is 0 Å². The lowest BCUT2D eigenvalue weighted by Crippen LogP contribution is -2.04. The number of rotatable bonds is 5. The molecule has 0 aliphatic heterocycles. The van der Waals surface area contributed by atoms with Crippen LogP contribution in [0, 0.1) is 12.7 Å². The van der Waals surface area contributed by atoms with Crippen molar-refractivity contribution in [1.29, 1.82) is 0 Å². The van der Waals surface area contributed by atoms with Gasteiger partial charge in [-0.25, -0.2) is 9.37 Å². The summed E-state index contributed by atoms with van der Waals surface area (Å²) in [6.07, 6.45) is 1.61. The Kier molecular flexibility index (Phi) is 4.47. The van der Waals surface area contributed by atoms with Gasteiger partial charge >= 0.3 is 0 Å². The van der Waals surface area contributed by atoms with Crippen molar-refractivity contribution in [1.82, 2.24) is 9.97 Å². The Balaban J connectivity index is 1.65. The number of halogens is 1. The van der Waals surface area contributed by atoms with E-state index in [1.54, 1.807) is 24.4 Å². The number of nitrogens with zero attached hydrogens (tertiary/aromatic N) is 2. The summed E-state index contributed by atoms with van der Waals surface area (Å²) < 4.78 is 18.5. The second-order valence-electron chi connectivity index (χ2n) is 5.11. The smallest absolute Gasteiger partial charge is 0.226 e. The van der Waals surface area contributed by atoms with Gasteiger partial charge in [0.15, 0.2) is 0 Å². The Bertz CT molecular complexity index is 773. The van der Waals surface area contributed by atoms with Gasteiger partial charge in [0.1, 0.15) is 11.6 Å². The maximum atomic E-state index is 12.9. The summed E-state index contributed by atoms with van der Waals surface area (Å²) in [5.74, 6) is 1.10. The number of benzene rings is 2. The molecule has 1 aromatic heterocycles. The molecular weight excluding hydrogens is 293 g/mol. The first kappa shape index (κ1) is 15.0. The molecule has 0 atom stereocenters. The molecule has 2 aromatic carbocycles. The predicted molar refractivity (Wildman–Crippen MR) is 87.0 cm³/mol. The number of nitrogens with one attached hydrogen (secondary N) is 1. The van der Waals surface area contributed by atoms with E-state index in [2.05, 4.69) is 46.5 Å². The van der Waals surface area contributed by atoms with E-state index in [-0.39, 0.29) is 5.82 Å². The van der Waals surface area contributed by atoms with Gasteiger partial charge in [-0.2, -0.15) is 4.98 Å².